The van der Waals surface area contributed by atoms with E-state index in [9.17, 15) is 0 Å². The number of fused-ring (bicyclic) bond motifs is 2. The Morgan fingerprint density at radius 2 is 1.44 bits per heavy atom. The van der Waals surface area contributed by atoms with E-state index >= 15 is 0 Å². The first-order chi connectivity index (χ1) is 12.8. The van der Waals surface area contributed by atoms with Crippen LogP contribution in [-0.4, -0.2) is 0 Å². The van der Waals surface area contributed by atoms with Crippen molar-refractivity contribution in [3.05, 3.63) is 46.6 Å². The number of rotatable bonds is 3. The van der Waals surface area contributed by atoms with Crippen molar-refractivity contribution in [2.75, 3.05) is 0 Å². The van der Waals surface area contributed by atoms with Gasteiger partial charge in [0, 0.05) is 0 Å². The van der Waals surface area contributed by atoms with Crippen molar-refractivity contribution in [2.45, 2.75) is 92.9 Å². The molecule has 27 heavy (non-hydrogen) atoms. The molecule has 0 N–H and O–H groups in total. The molecule has 0 saturated heterocycles. The highest BCUT2D eigenvalue weighted by Gasteiger charge is 2.49. The van der Waals surface area contributed by atoms with Gasteiger partial charge in [0.25, 0.3) is 0 Å². The molecule has 0 heterocycles. The Hall–Kier alpha value is -1.04. The molecule has 0 radical (unpaired) electrons. The molecule has 0 nitrogen and oxygen atoms in total. The minimum absolute atomic E-state index is 0.647. The molecule has 0 aromatic rings. The van der Waals surface area contributed by atoms with Crippen molar-refractivity contribution in [1.29, 1.82) is 0 Å². The summed E-state index contributed by atoms with van der Waals surface area (Å²) in [5.74, 6) is 3.18. The second-order valence-electron chi connectivity index (χ2n) is 10.6. The van der Waals surface area contributed by atoms with Gasteiger partial charge in [-0.05, 0) is 95.8 Å². The lowest BCUT2D eigenvalue weighted by Crippen LogP contribution is -2.37. The van der Waals surface area contributed by atoms with Crippen LogP contribution in [0, 0.1) is 29.1 Å². The zero-order valence-electron chi connectivity index (χ0n) is 18.8. The second-order valence-corrected chi connectivity index (χ2v) is 10.6. The normalized spacial score (nSPS) is 38.0. The molecule has 150 valence electrons. The lowest BCUT2D eigenvalue weighted by atomic mass is 9.58. The summed E-state index contributed by atoms with van der Waals surface area (Å²) in [6.07, 6.45) is 21.3. The first-order valence-corrected chi connectivity index (χ1v) is 11.5. The molecule has 5 atom stereocenters. The monoisotopic (exact) mass is 366 g/mol. The third-order valence-corrected chi connectivity index (χ3v) is 7.80. The highest BCUT2D eigenvalue weighted by atomic mass is 14.5. The molecule has 3 aliphatic carbocycles. The van der Waals surface area contributed by atoms with Crippen molar-refractivity contribution < 1.29 is 0 Å². The van der Waals surface area contributed by atoms with Crippen LogP contribution in [0.15, 0.2) is 46.6 Å². The van der Waals surface area contributed by atoms with Gasteiger partial charge in [0.2, 0.25) is 0 Å². The number of hydrogen-bond acceptors (Lipinski definition) is 0. The molecule has 0 aliphatic heterocycles. The van der Waals surface area contributed by atoms with Crippen molar-refractivity contribution >= 4 is 0 Å². The van der Waals surface area contributed by atoms with Crippen LogP contribution in [0.4, 0.5) is 0 Å². The van der Waals surface area contributed by atoms with Crippen LogP contribution in [0.2, 0.25) is 0 Å². The van der Waals surface area contributed by atoms with Gasteiger partial charge in [0.15, 0.2) is 0 Å². The summed E-state index contributed by atoms with van der Waals surface area (Å²) >= 11 is 0. The average molecular weight is 367 g/mol. The van der Waals surface area contributed by atoms with Crippen LogP contribution in [0.1, 0.15) is 92.9 Å². The van der Waals surface area contributed by atoms with Crippen molar-refractivity contribution in [2.24, 2.45) is 29.1 Å². The van der Waals surface area contributed by atoms with Crippen molar-refractivity contribution in [3.8, 4) is 0 Å². The van der Waals surface area contributed by atoms with Crippen molar-refractivity contribution in [1.82, 2.24) is 0 Å². The summed E-state index contributed by atoms with van der Waals surface area (Å²) in [6, 6.07) is 0. The maximum absolute atomic E-state index is 2.56. The van der Waals surface area contributed by atoms with Crippen LogP contribution >= 0.6 is 0 Å². The molecular formula is C27H42. The number of hydrogen-bond donors (Lipinski definition) is 0. The SMILES string of the molecule is CC(C)=CC=C(C)C1CCCC23CCCC(C)C(C2)C(=CC=C(C)C)C1C3. The topological polar surface area (TPSA) is 0 Å². The van der Waals surface area contributed by atoms with E-state index in [-0.39, 0.29) is 0 Å². The fourth-order valence-corrected chi connectivity index (χ4v) is 6.34. The van der Waals surface area contributed by atoms with E-state index in [1.807, 2.05) is 0 Å². The van der Waals surface area contributed by atoms with Gasteiger partial charge in [-0.2, -0.15) is 0 Å². The molecular weight excluding hydrogens is 324 g/mol. The molecule has 0 amide bonds. The molecule has 0 aromatic heterocycles. The summed E-state index contributed by atoms with van der Waals surface area (Å²) in [5.41, 5.74) is 6.91. The highest BCUT2D eigenvalue weighted by Crippen LogP contribution is 2.60. The standard InChI is InChI=1S/C27H42/c1-19(2)11-13-22(6)23-10-8-16-27-15-7-9-21(5)25(17-27)24(26(23)18-27)14-12-20(3)4/h11-14,21,23,25-26H,7-10,15-18H2,1-6H3. The van der Waals surface area contributed by atoms with Crippen LogP contribution in [0.25, 0.3) is 0 Å². The van der Waals surface area contributed by atoms with E-state index < -0.39 is 0 Å². The maximum Gasteiger partial charge on any atom is -0.0126 e. The van der Waals surface area contributed by atoms with Gasteiger partial charge >= 0.3 is 0 Å². The fraction of sp³-hybridized carbons (Fsp3) is 0.704. The van der Waals surface area contributed by atoms with Crippen LogP contribution in [0.3, 0.4) is 0 Å². The Kier molecular flexibility index (Phi) is 6.54. The summed E-state index contributed by atoms with van der Waals surface area (Å²) in [6.45, 7) is 13.9. The molecule has 3 saturated carbocycles. The van der Waals surface area contributed by atoms with E-state index in [1.165, 1.54) is 62.5 Å². The lowest BCUT2D eigenvalue weighted by Gasteiger charge is -2.47. The van der Waals surface area contributed by atoms with Crippen molar-refractivity contribution in [3.63, 3.8) is 0 Å². The molecule has 3 fully saturated rings. The minimum Gasteiger partial charge on any atom is -0.0764 e. The maximum atomic E-state index is 2.56. The summed E-state index contributed by atoms with van der Waals surface area (Å²) < 4.78 is 0. The molecule has 3 bridgehead atoms. The van der Waals surface area contributed by atoms with E-state index in [1.54, 1.807) is 11.1 Å². The Labute approximate surface area is 168 Å². The predicted octanol–water partition coefficient (Wildman–Crippen LogP) is 8.42. The molecule has 5 unspecified atom stereocenters. The zero-order chi connectivity index (χ0) is 19.6. The molecule has 3 aliphatic rings. The third kappa shape index (κ3) is 4.69. The van der Waals surface area contributed by atoms with Gasteiger partial charge in [-0.25, -0.2) is 0 Å². The number of allylic oxidation sites excluding steroid dienone is 8. The predicted molar refractivity (Wildman–Crippen MR) is 120 cm³/mol. The van der Waals surface area contributed by atoms with E-state index in [0.29, 0.717) is 5.41 Å². The summed E-state index contributed by atoms with van der Waals surface area (Å²) in [7, 11) is 0. The fourth-order valence-electron chi connectivity index (χ4n) is 6.34. The Morgan fingerprint density at radius 1 is 0.815 bits per heavy atom. The first kappa shape index (κ1) is 20.7. The first-order valence-electron chi connectivity index (χ1n) is 11.5. The molecule has 3 rings (SSSR count). The summed E-state index contributed by atoms with van der Waals surface area (Å²) in [4.78, 5) is 0. The Balaban J connectivity index is 2.05. The van der Waals surface area contributed by atoms with Gasteiger partial charge in [-0.15, -0.1) is 0 Å². The van der Waals surface area contributed by atoms with E-state index in [0.717, 1.165) is 23.7 Å². The molecule has 1 spiro atoms. The second kappa shape index (κ2) is 8.54. The van der Waals surface area contributed by atoms with E-state index in [4.69, 9.17) is 0 Å². The van der Waals surface area contributed by atoms with Gasteiger partial charge < -0.3 is 0 Å². The summed E-state index contributed by atoms with van der Waals surface area (Å²) in [5, 5.41) is 0. The molecule has 0 aromatic carbocycles. The smallest absolute Gasteiger partial charge is 0.0126 e. The Morgan fingerprint density at radius 3 is 2.11 bits per heavy atom. The van der Waals surface area contributed by atoms with Gasteiger partial charge in [-0.1, -0.05) is 72.8 Å². The Bertz CT molecular complexity index is 648. The average Bonchev–Trinajstić information content (AvgIpc) is 2.83. The quantitative estimate of drug-likeness (QED) is 0.440. The van der Waals surface area contributed by atoms with Crippen LogP contribution in [0.5, 0.6) is 0 Å². The minimum atomic E-state index is 0.647. The van der Waals surface area contributed by atoms with Gasteiger partial charge in [-0.3, -0.25) is 0 Å². The van der Waals surface area contributed by atoms with Gasteiger partial charge in [0.1, 0.15) is 0 Å². The van der Waals surface area contributed by atoms with E-state index in [2.05, 4.69) is 65.8 Å². The molecule has 0 heteroatoms. The van der Waals surface area contributed by atoms with Gasteiger partial charge in [0.05, 0.1) is 0 Å². The zero-order valence-corrected chi connectivity index (χ0v) is 18.8. The van der Waals surface area contributed by atoms with Crippen LogP contribution < -0.4 is 0 Å². The largest absolute Gasteiger partial charge is 0.0764 e. The third-order valence-electron chi connectivity index (χ3n) is 7.80. The van der Waals surface area contributed by atoms with Crippen LogP contribution in [-0.2, 0) is 0 Å². The highest BCUT2D eigenvalue weighted by molar-refractivity contribution is 5.29. The lowest BCUT2D eigenvalue weighted by molar-refractivity contribution is 0.115.